The number of amides is 2. The van der Waals surface area contributed by atoms with Gasteiger partial charge in [0.15, 0.2) is 0 Å². The van der Waals surface area contributed by atoms with Crippen molar-refractivity contribution in [2.24, 2.45) is 11.7 Å². The number of piperidine rings is 1. The minimum absolute atomic E-state index is 0.119. The molecule has 0 aromatic heterocycles. The first-order valence-electron chi connectivity index (χ1n) is 7.07. The Balaban J connectivity index is 1.72. The minimum Gasteiger partial charge on any atom is -0.352 e. The van der Waals surface area contributed by atoms with Crippen LogP contribution in [0.3, 0.4) is 0 Å². The molecule has 0 bridgehead atoms. The van der Waals surface area contributed by atoms with Crippen molar-refractivity contribution in [1.29, 1.82) is 0 Å². The lowest BCUT2D eigenvalue weighted by molar-refractivity contribution is -0.133. The Morgan fingerprint density at radius 2 is 1.95 bits per heavy atom. The Labute approximate surface area is 114 Å². The smallest absolute Gasteiger partial charge is 0.237 e. The first-order chi connectivity index (χ1) is 9.11. The quantitative estimate of drug-likeness (QED) is 0.707. The van der Waals surface area contributed by atoms with Gasteiger partial charge in [0.1, 0.15) is 0 Å². The topological polar surface area (TPSA) is 75.4 Å². The maximum Gasteiger partial charge on any atom is 0.237 e. The molecule has 0 spiro atoms. The summed E-state index contributed by atoms with van der Waals surface area (Å²) >= 11 is 0. The zero-order valence-corrected chi connectivity index (χ0v) is 11.3. The molecule has 0 aromatic carbocycles. The average Bonchev–Trinajstić information content (AvgIpc) is 3.23. The van der Waals surface area contributed by atoms with E-state index in [0.717, 1.165) is 38.8 Å². The average molecular weight is 265 g/mol. The highest BCUT2D eigenvalue weighted by atomic mass is 16.2. The predicted molar refractivity (Wildman–Crippen MR) is 73.3 cm³/mol. The van der Waals surface area contributed by atoms with E-state index >= 15 is 0 Å². The molecule has 2 rings (SSSR count). The number of nitrogens with zero attached hydrogens (tertiary/aromatic N) is 1. The molecule has 2 aliphatic rings. The van der Waals surface area contributed by atoms with Gasteiger partial charge in [0.05, 0.1) is 6.04 Å². The maximum atomic E-state index is 11.9. The van der Waals surface area contributed by atoms with E-state index in [-0.39, 0.29) is 17.9 Å². The van der Waals surface area contributed by atoms with Gasteiger partial charge < -0.3 is 16.0 Å². The standard InChI is InChI=1S/C14H23N3O2/c1-2-3-12(15)13(18)16-11-6-8-17(9-7-11)14(19)10-4-5-10/h2,10-12H,1,3-9,15H2,(H,16,18). The van der Waals surface area contributed by atoms with Gasteiger partial charge in [-0.05, 0) is 32.1 Å². The lowest BCUT2D eigenvalue weighted by Crippen LogP contribution is -2.50. The molecular formula is C14H23N3O2. The van der Waals surface area contributed by atoms with Gasteiger partial charge in [0.25, 0.3) is 0 Å². The fraction of sp³-hybridized carbons (Fsp3) is 0.714. The van der Waals surface area contributed by atoms with E-state index in [4.69, 9.17) is 5.73 Å². The molecule has 106 valence electrons. The number of hydrogen-bond acceptors (Lipinski definition) is 3. The van der Waals surface area contributed by atoms with Crippen molar-refractivity contribution in [2.75, 3.05) is 13.1 Å². The third kappa shape index (κ3) is 3.80. The van der Waals surface area contributed by atoms with Gasteiger partial charge in [-0.2, -0.15) is 0 Å². The summed E-state index contributed by atoms with van der Waals surface area (Å²) in [6.07, 6.45) is 5.89. The molecule has 5 heteroatoms. The molecule has 0 aromatic rings. The van der Waals surface area contributed by atoms with E-state index in [1.54, 1.807) is 6.08 Å². The van der Waals surface area contributed by atoms with E-state index in [1.807, 2.05) is 4.90 Å². The fourth-order valence-corrected chi connectivity index (χ4v) is 2.43. The van der Waals surface area contributed by atoms with Crippen LogP contribution in [0, 0.1) is 5.92 Å². The van der Waals surface area contributed by atoms with Crippen molar-refractivity contribution in [3.8, 4) is 0 Å². The highest BCUT2D eigenvalue weighted by molar-refractivity contribution is 5.82. The summed E-state index contributed by atoms with van der Waals surface area (Å²) in [5, 5.41) is 2.96. The molecule has 1 heterocycles. The van der Waals surface area contributed by atoms with Gasteiger partial charge in [-0.3, -0.25) is 9.59 Å². The molecule has 1 saturated heterocycles. The SMILES string of the molecule is C=CCC(N)C(=O)NC1CCN(C(=O)C2CC2)CC1. The van der Waals surface area contributed by atoms with Crippen molar-refractivity contribution in [1.82, 2.24) is 10.2 Å². The van der Waals surface area contributed by atoms with E-state index in [2.05, 4.69) is 11.9 Å². The molecule has 1 aliphatic carbocycles. The number of rotatable bonds is 5. The van der Waals surface area contributed by atoms with Crippen LogP contribution in [0.2, 0.25) is 0 Å². The van der Waals surface area contributed by atoms with E-state index in [1.165, 1.54) is 0 Å². The van der Waals surface area contributed by atoms with Crippen LogP contribution in [-0.4, -0.2) is 41.9 Å². The lowest BCUT2D eigenvalue weighted by Gasteiger charge is -2.33. The monoisotopic (exact) mass is 265 g/mol. The van der Waals surface area contributed by atoms with Crippen LogP contribution in [0.25, 0.3) is 0 Å². The Kier molecular flexibility index (Phi) is 4.58. The molecule has 1 unspecified atom stereocenters. The first kappa shape index (κ1) is 14.1. The molecule has 19 heavy (non-hydrogen) atoms. The number of hydrogen-bond donors (Lipinski definition) is 2. The number of nitrogens with two attached hydrogens (primary N) is 1. The lowest BCUT2D eigenvalue weighted by atomic mass is 10.0. The van der Waals surface area contributed by atoms with E-state index in [0.29, 0.717) is 12.3 Å². The van der Waals surface area contributed by atoms with Gasteiger partial charge in [-0.15, -0.1) is 6.58 Å². The molecule has 1 aliphatic heterocycles. The number of carbonyl (C=O) groups is 2. The van der Waals surface area contributed by atoms with Gasteiger partial charge in [0.2, 0.25) is 11.8 Å². The van der Waals surface area contributed by atoms with Crippen molar-refractivity contribution in [2.45, 2.75) is 44.2 Å². The van der Waals surface area contributed by atoms with Crippen molar-refractivity contribution in [3.05, 3.63) is 12.7 Å². The molecule has 0 radical (unpaired) electrons. The Morgan fingerprint density at radius 1 is 1.32 bits per heavy atom. The molecule has 1 atom stereocenters. The maximum absolute atomic E-state index is 11.9. The highest BCUT2D eigenvalue weighted by Crippen LogP contribution is 2.31. The molecule has 3 N–H and O–H groups in total. The summed E-state index contributed by atoms with van der Waals surface area (Å²) in [6, 6.07) is -0.366. The normalized spacial score (nSPS) is 21.8. The summed E-state index contributed by atoms with van der Waals surface area (Å²) < 4.78 is 0. The zero-order chi connectivity index (χ0) is 13.8. The zero-order valence-electron chi connectivity index (χ0n) is 11.3. The van der Waals surface area contributed by atoms with Crippen molar-refractivity contribution in [3.63, 3.8) is 0 Å². The fourth-order valence-electron chi connectivity index (χ4n) is 2.43. The second-order valence-electron chi connectivity index (χ2n) is 5.51. The summed E-state index contributed by atoms with van der Waals surface area (Å²) in [5.74, 6) is 0.465. The van der Waals surface area contributed by atoms with Crippen LogP contribution in [0.5, 0.6) is 0 Å². The Hall–Kier alpha value is -1.36. The number of nitrogens with one attached hydrogen (secondary N) is 1. The van der Waals surface area contributed by atoms with Crippen LogP contribution in [0.1, 0.15) is 32.1 Å². The van der Waals surface area contributed by atoms with Crippen molar-refractivity contribution < 1.29 is 9.59 Å². The van der Waals surface area contributed by atoms with Crippen LogP contribution in [-0.2, 0) is 9.59 Å². The molecule has 2 fully saturated rings. The summed E-state index contributed by atoms with van der Waals surface area (Å²) in [7, 11) is 0. The second kappa shape index (κ2) is 6.19. The van der Waals surface area contributed by atoms with Gasteiger partial charge >= 0.3 is 0 Å². The Bertz CT molecular complexity index is 358. The van der Waals surface area contributed by atoms with Gasteiger partial charge in [-0.1, -0.05) is 6.08 Å². The third-order valence-corrected chi connectivity index (χ3v) is 3.84. The third-order valence-electron chi connectivity index (χ3n) is 3.84. The summed E-state index contributed by atoms with van der Waals surface area (Å²) in [4.78, 5) is 25.6. The second-order valence-corrected chi connectivity index (χ2v) is 5.51. The molecular weight excluding hydrogens is 242 g/mol. The van der Waals surface area contributed by atoms with Gasteiger partial charge in [0, 0.05) is 25.0 Å². The number of carbonyl (C=O) groups excluding carboxylic acids is 2. The van der Waals surface area contributed by atoms with Crippen LogP contribution in [0.4, 0.5) is 0 Å². The minimum atomic E-state index is -0.511. The largest absolute Gasteiger partial charge is 0.352 e. The van der Waals surface area contributed by atoms with Crippen molar-refractivity contribution >= 4 is 11.8 Å². The summed E-state index contributed by atoms with van der Waals surface area (Å²) in [5.41, 5.74) is 5.72. The Morgan fingerprint density at radius 3 is 2.47 bits per heavy atom. The molecule has 2 amide bonds. The molecule has 5 nitrogen and oxygen atoms in total. The highest BCUT2D eigenvalue weighted by Gasteiger charge is 2.35. The van der Waals surface area contributed by atoms with E-state index in [9.17, 15) is 9.59 Å². The molecule has 1 saturated carbocycles. The van der Waals surface area contributed by atoms with Gasteiger partial charge in [-0.25, -0.2) is 0 Å². The summed E-state index contributed by atoms with van der Waals surface area (Å²) in [6.45, 7) is 5.07. The number of likely N-dealkylation sites (tertiary alicyclic amines) is 1. The van der Waals surface area contributed by atoms with E-state index < -0.39 is 6.04 Å². The van der Waals surface area contributed by atoms with Crippen LogP contribution < -0.4 is 11.1 Å². The van der Waals surface area contributed by atoms with Crippen LogP contribution in [0.15, 0.2) is 12.7 Å². The van der Waals surface area contributed by atoms with Crippen LogP contribution >= 0.6 is 0 Å². The predicted octanol–water partition coefficient (Wildman–Crippen LogP) is 0.407. The first-order valence-corrected chi connectivity index (χ1v) is 7.07.